The van der Waals surface area contributed by atoms with E-state index >= 15 is 0 Å². The summed E-state index contributed by atoms with van der Waals surface area (Å²) in [5.74, 6) is 0.182. The van der Waals surface area contributed by atoms with Gasteiger partial charge in [-0.1, -0.05) is 27.2 Å². The Morgan fingerprint density at radius 3 is 2.74 bits per heavy atom. The van der Waals surface area contributed by atoms with Gasteiger partial charge in [-0.05, 0) is 27.1 Å². The van der Waals surface area contributed by atoms with Gasteiger partial charge < -0.3 is 9.67 Å². The molecule has 19 heavy (non-hydrogen) atoms. The molecule has 0 unspecified atom stereocenters. The second-order valence-electron chi connectivity index (χ2n) is 3.70. The number of phenols is 1. The first-order valence-electron chi connectivity index (χ1n) is 5.34. The Balaban J connectivity index is 0.00000180. The van der Waals surface area contributed by atoms with Gasteiger partial charge in [0.2, 0.25) is 5.56 Å². The molecule has 0 aliphatic carbocycles. The number of pyridine rings is 1. The largest absolute Gasteiger partial charge is 0.508 e. The summed E-state index contributed by atoms with van der Waals surface area (Å²) >= 11 is 5.40. The first-order valence-corrected chi connectivity index (χ1v) is 7.21. The van der Waals surface area contributed by atoms with Crippen LogP contribution >= 0.6 is 38.5 Å². The zero-order valence-electron chi connectivity index (χ0n) is 10.2. The van der Waals surface area contributed by atoms with Crippen molar-refractivity contribution >= 4 is 38.5 Å². The van der Waals surface area contributed by atoms with E-state index in [0.29, 0.717) is 10.1 Å². The van der Waals surface area contributed by atoms with E-state index in [-0.39, 0.29) is 44.0 Å². The van der Waals surface area contributed by atoms with Crippen LogP contribution in [0.3, 0.4) is 0 Å². The smallest absolute Gasteiger partial charge is 0.207 e. The van der Waals surface area contributed by atoms with Crippen molar-refractivity contribution in [3.63, 3.8) is 0 Å². The van der Waals surface area contributed by atoms with Gasteiger partial charge in [0.25, 0.3) is 0 Å². The summed E-state index contributed by atoms with van der Waals surface area (Å²) in [6.07, 6.45) is 0. The van der Waals surface area contributed by atoms with E-state index in [4.69, 9.17) is 0 Å². The Morgan fingerprint density at radius 1 is 1.47 bits per heavy atom. The minimum atomic E-state index is -0.0215. The number of halogens is 2. The summed E-state index contributed by atoms with van der Waals surface area (Å²) < 4.78 is 3.05. The number of benzene rings is 1. The Labute approximate surface area is 158 Å². The zero-order chi connectivity index (χ0) is 13.3. The van der Waals surface area contributed by atoms with Crippen LogP contribution < -0.4 is 5.56 Å². The number of hydrogen-bond donors (Lipinski definition) is 1. The Morgan fingerprint density at radius 2 is 2.16 bits per heavy atom. The molecule has 0 atom stereocenters. The molecular weight excluding hydrogens is 498 g/mol. The van der Waals surface area contributed by atoms with Crippen LogP contribution in [-0.4, -0.2) is 9.67 Å². The molecule has 0 spiro atoms. The van der Waals surface area contributed by atoms with Gasteiger partial charge in [0, 0.05) is 39.3 Å². The van der Waals surface area contributed by atoms with Gasteiger partial charge in [0.15, 0.2) is 0 Å². The first-order chi connectivity index (χ1) is 8.54. The Kier molecular flexibility index (Phi) is 6.69. The predicted octanol–water partition coefficient (Wildman–Crippen LogP) is 3.41. The molecule has 1 heterocycles. The summed E-state index contributed by atoms with van der Waals surface area (Å²) in [6.45, 7) is 2.50. The maximum absolute atomic E-state index is 12.0. The van der Waals surface area contributed by atoms with Crippen LogP contribution in [0.2, 0.25) is 0 Å². The number of rotatable bonds is 2. The van der Waals surface area contributed by atoms with E-state index < -0.39 is 0 Å². The van der Waals surface area contributed by atoms with Crippen molar-refractivity contribution in [1.29, 1.82) is 0 Å². The number of aromatic nitrogens is 1. The van der Waals surface area contributed by atoms with E-state index in [0.717, 1.165) is 15.7 Å². The van der Waals surface area contributed by atoms with Gasteiger partial charge in [0.1, 0.15) is 5.75 Å². The molecule has 0 bridgehead atoms. The molecular formula is C13H10BrINO2Y-. The fourth-order valence-corrected chi connectivity index (χ4v) is 2.72. The molecule has 6 heteroatoms. The van der Waals surface area contributed by atoms with Crippen molar-refractivity contribution in [3.8, 4) is 17.0 Å². The van der Waals surface area contributed by atoms with Gasteiger partial charge in [-0.3, -0.25) is 4.79 Å². The molecule has 2 aromatic rings. The standard InChI is InChI=1S/C13H10BrINO2.Y/c1-2-16-12(6-5-11(15)13(16)18)9-4-3-8(17)7-10(9)14;/h3-5,7,17H,2H2,1H3;/q-1;. The van der Waals surface area contributed by atoms with Crippen molar-refractivity contribution in [2.24, 2.45) is 0 Å². The molecule has 0 amide bonds. The third kappa shape index (κ3) is 3.68. The van der Waals surface area contributed by atoms with Gasteiger partial charge in [0.05, 0.1) is 0 Å². The number of phenolic OH excluding ortho intramolecular Hbond substituents is 1. The second kappa shape index (κ2) is 7.34. The quantitative estimate of drug-likeness (QED) is 0.500. The van der Waals surface area contributed by atoms with Crippen LogP contribution in [0.5, 0.6) is 5.75 Å². The molecule has 0 fully saturated rings. The topological polar surface area (TPSA) is 42.2 Å². The van der Waals surface area contributed by atoms with Gasteiger partial charge in [-0.15, -0.1) is 28.7 Å². The minimum absolute atomic E-state index is 0. The van der Waals surface area contributed by atoms with Crippen LogP contribution in [0.25, 0.3) is 11.3 Å². The van der Waals surface area contributed by atoms with Crippen molar-refractivity contribution in [2.45, 2.75) is 13.5 Å². The molecule has 0 saturated carbocycles. The molecule has 1 aromatic carbocycles. The van der Waals surface area contributed by atoms with E-state index in [2.05, 4.69) is 22.0 Å². The second-order valence-corrected chi connectivity index (χ2v) is 5.72. The van der Waals surface area contributed by atoms with Crippen molar-refractivity contribution in [3.05, 3.63) is 48.7 Å². The van der Waals surface area contributed by atoms with Crippen molar-refractivity contribution in [2.75, 3.05) is 0 Å². The van der Waals surface area contributed by atoms with Crippen LogP contribution in [-0.2, 0) is 39.3 Å². The maximum atomic E-state index is 12.0. The number of hydrogen-bond acceptors (Lipinski definition) is 2. The van der Waals surface area contributed by atoms with E-state index in [1.165, 1.54) is 0 Å². The summed E-state index contributed by atoms with van der Waals surface area (Å²) in [4.78, 5) is 12.0. The molecule has 1 N–H and O–H groups in total. The number of aromatic hydroxyl groups is 1. The first kappa shape index (κ1) is 17.3. The van der Waals surface area contributed by atoms with Gasteiger partial charge in [-0.2, -0.15) is 12.1 Å². The predicted molar refractivity (Wildman–Crippen MR) is 82.7 cm³/mol. The van der Waals surface area contributed by atoms with Gasteiger partial charge >= 0.3 is 0 Å². The molecule has 0 aliphatic heterocycles. The Hall–Kier alpha value is 0.284. The number of nitrogens with zero attached hydrogens (tertiary/aromatic N) is 1. The van der Waals surface area contributed by atoms with E-state index in [9.17, 15) is 9.90 Å². The fourth-order valence-electron chi connectivity index (χ4n) is 1.72. The van der Waals surface area contributed by atoms with Crippen LogP contribution in [0.15, 0.2) is 33.5 Å². The Bertz CT molecular complexity index is 658. The van der Waals surface area contributed by atoms with Crippen LogP contribution in [0.4, 0.5) is 0 Å². The molecule has 97 valence electrons. The van der Waals surface area contributed by atoms with Crippen molar-refractivity contribution < 1.29 is 37.8 Å². The zero-order valence-corrected chi connectivity index (χ0v) is 16.7. The van der Waals surface area contributed by atoms with E-state index in [1.54, 1.807) is 28.8 Å². The maximum Gasteiger partial charge on any atom is 0.207 e. The normalized spacial score (nSPS) is 10.1. The van der Waals surface area contributed by atoms with Gasteiger partial charge in [-0.25, -0.2) is 0 Å². The average Bonchev–Trinajstić information content (AvgIpc) is 2.33. The summed E-state index contributed by atoms with van der Waals surface area (Å²) in [7, 11) is 0. The molecule has 1 radical (unpaired) electrons. The third-order valence-corrected chi connectivity index (χ3v) is 4.01. The van der Waals surface area contributed by atoms with Crippen LogP contribution in [0, 0.1) is 9.64 Å². The van der Waals surface area contributed by atoms with E-state index in [1.807, 2.05) is 29.5 Å². The molecule has 2 rings (SSSR count). The molecule has 0 saturated heterocycles. The molecule has 0 aliphatic rings. The molecule has 1 aromatic heterocycles. The SMILES string of the molecule is CCn1c(-c2ccc(O)cc2Br)[c-]cc(I)c1=O.[Y]. The fraction of sp³-hybridized carbons (Fsp3) is 0.154. The minimum Gasteiger partial charge on any atom is -0.508 e. The average molecular weight is 508 g/mol. The summed E-state index contributed by atoms with van der Waals surface area (Å²) in [5.41, 5.74) is 1.53. The van der Waals surface area contributed by atoms with Crippen molar-refractivity contribution in [1.82, 2.24) is 4.57 Å². The summed E-state index contributed by atoms with van der Waals surface area (Å²) in [6, 6.07) is 9.77. The van der Waals surface area contributed by atoms with Crippen LogP contribution in [0.1, 0.15) is 6.92 Å². The summed E-state index contributed by atoms with van der Waals surface area (Å²) in [5, 5.41) is 9.40. The third-order valence-electron chi connectivity index (χ3n) is 2.58. The monoisotopic (exact) mass is 507 g/mol. The molecule has 3 nitrogen and oxygen atoms in total.